The molecule has 5 rings (SSSR count). The van der Waals surface area contributed by atoms with Gasteiger partial charge in [-0.25, -0.2) is 12.2 Å². The molecule has 1 aliphatic carbocycles. The summed E-state index contributed by atoms with van der Waals surface area (Å²) >= 11 is -0.826. The van der Waals surface area contributed by atoms with E-state index in [0.29, 0.717) is 0 Å². The van der Waals surface area contributed by atoms with Crippen molar-refractivity contribution in [3.05, 3.63) is 103 Å². The molecule has 31 heavy (non-hydrogen) atoms. The molecule has 0 saturated heterocycles. The molecule has 0 aromatic heterocycles. The van der Waals surface area contributed by atoms with Crippen molar-refractivity contribution in [2.75, 3.05) is 0 Å². The second-order valence-corrected chi connectivity index (χ2v) is 11.2. The van der Waals surface area contributed by atoms with E-state index < -0.39 is 20.8 Å². The number of fused-ring (bicyclic) bond motifs is 2. The van der Waals surface area contributed by atoms with Crippen molar-refractivity contribution in [1.82, 2.24) is 0 Å². The van der Waals surface area contributed by atoms with E-state index in [9.17, 15) is 0 Å². The average Bonchev–Trinajstić information content (AvgIpc) is 3.48. The third-order valence-corrected chi connectivity index (χ3v) is 5.32. The summed E-state index contributed by atoms with van der Waals surface area (Å²) in [6.07, 6.45) is 12.4. The number of hydrogen-bond acceptors (Lipinski definition) is 0. The van der Waals surface area contributed by atoms with Crippen molar-refractivity contribution in [2.45, 2.75) is 32.6 Å². The van der Waals surface area contributed by atoms with Gasteiger partial charge in [0.25, 0.3) is 0 Å². The van der Waals surface area contributed by atoms with Gasteiger partial charge >= 0.3 is 37.9 Å². The van der Waals surface area contributed by atoms with Crippen molar-refractivity contribution >= 4 is 38.6 Å². The van der Waals surface area contributed by atoms with Gasteiger partial charge in [0.2, 0.25) is 0 Å². The van der Waals surface area contributed by atoms with E-state index in [1.807, 2.05) is 6.08 Å². The van der Waals surface area contributed by atoms with Crippen LogP contribution in [0.1, 0.15) is 32.6 Å². The fraction of sp³-hybridized carbons (Fsp3) is 0.179. The van der Waals surface area contributed by atoms with Crippen LogP contribution in [0.15, 0.2) is 96.6 Å². The molecule has 156 valence electrons. The number of rotatable bonds is 4. The number of allylic oxidation sites excluding steroid dienone is 4. The molecule has 3 heteroatoms. The van der Waals surface area contributed by atoms with Crippen LogP contribution in [0.25, 0.3) is 32.7 Å². The largest absolute Gasteiger partial charge is 0.145 e. The third-order valence-electron chi connectivity index (χ3n) is 5.32. The molecular formula is C28H26Cl2Zr. The molecule has 0 unspecified atom stereocenters. The molecule has 0 N–H and O–H groups in total. The molecule has 4 aromatic carbocycles. The zero-order valence-corrected chi connectivity index (χ0v) is 21.7. The maximum atomic E-state index is 4.93. The van der Waals surface area contributed by atoms with E-state index in [4.69, 9.17) is 17.0 Å². The summed E-state index contributed by atoms with van der Waals surface area (Å²) in [6.45, 7) is 2.23. The van der Waals surface area contributed by atoms with Crippen molar-refractivity contribution in [3.63, 3.8) is 0 Å². The maximum absolute atomic E-state index is 4.93. The van der Waals surface area contributed by atoms with Crippen molar-refractivity contribution in [1.29, 1.82) is 0 Å². The average molecular weight is 525 g/mol. The van der Waals surface area contributed by atoms with Crippen LogP contribution >= 0.6 is 17.0 Å². The molecule has 0 bridgehead atoms. The Bertz CT molecular complexity index is 1120. The fourth-order valence-corrected chi connectivity index (χ4v) is 3.69. The first-order valence-corrected chi connectivity index (χ1v) is 16.9. The summed E-state index contributed by atoms with van der Waals surface area (Å²) in [5.41, 5.74) is 4.14. The van der Waals surface area contributed by atoms with Gasteiger partial charge in [-0.15, -0.1) is 41.0 Å². The molecule has 0 fully saturated rings. The predicted octanol–water partition coefficient (Wildman–Crippen LogP) is 9.62. The topological polar surface area (TPSA) is 0 Å². The molecule has 0 heterocycles. The van der Waals surface area contributed by atoms with Gasteiger partial charge in [-0.2, -0.15) is 5.57 Å². The van der Waals surface area contributed by atoms with E-state index in [1.165, 1.54) is 51.9 Å². The zero-order chi connectivity index (χ0) is 21.9. The van der Waals surface area contributed by atoms with E-state index in [1.54, 1.807) is 5.57 Å². The Kier molecular flexibility index (Phi) is 10.2. The standard InChI is InChI=1S/C19H13.C9H13.2ClH.Zr/c1-2-6-15-11-18(10-9-14(15)5-1)19-12-16-7-3-4-8-17(16)13-19;1-2-3-6-9-7-4-5-8-9;;;/h1-13H;4,7H,2-3,6,8H2,1H3;2*1H;/q2*-1;;;+4/p-2. The first-order valence-electron chi connectivity index (χ1n) is 10.6. The first kappa shape index (κ1) is 24.1. The van der Waals surface area contributed by atoms with Crippen LogP contribution in [-0.2, 0) is 20.8 Å². The van der Waals surface area contributed by atoms with Gasteiger partial charge in [0.1, 0.15) is 0 Å². The van der Waals surface area contributed by atoms with E-state index in [2.05, 4.69) is 97.9 Å². The quantitative estimate of drug-likeness (QED) is 0.233. The SMILES string of the molecule is CCCCC1=CC=[C-]C1.[Cl][Zr+2][Cl].c1ccc2cc(-c3cc4ccccc4[cH-]3)ccc2c1. The monoisotopic (exact) mass is 522 g/mol. The maximum Gasteiger partial charge on any atom is -0.0196 e. The minimum atomic E-state index is -0.826. The van der Waals surface area contributed by atoms with Gasteiger partial charge in [-0.1, -0.05) is 86.0 Å². The second kappa shape index (κ2) is 13.1. The third kappa shape index (κ3) is 7.25. The Labute approximate surface area is 204 Å². The molecule has 0 saturated carbocycles. The van der Waals surface area contributed by atoms with E-state index >= 15 is 0 Å². The summed E-state index contributed by atoms with van der Waals surface area (Å²) in [5, 5.41) is 5.21. The van der Waals surface area contributed by atoms with E-state index in [0.717, 1.165) is 6.42 Å². The van der Waals surface area contributed by atoms with Gasteiger partial charge in [0, 0.05) is 0 Å². The van der Waals surface area contributed by atoms with Gasteiger partial charge in [0.05, 0.1) is 0 Å². The van der Waals surface area contributed by atoms with Gasteiger partial charge in [-0.3, -0.25) is 6.08 Å². The predicted molar refractivity (Wildman–Crippen MR) is 134 cm³/mol. The molecule has 4 aromatic rings. The van der Waals surface area contributed by atoms with Crippen molar-refractivity contribution < 1.29 is 20.8 Å². The zero-order valence-electron chi connectivity index (χ0n) is 17.7. The molecule has 1 aliphatic rings. The fourth-order valence-electron chi connectivity index (χ4n) is 3.69. The number of halogens is 2. The summed E-state index contributed by atoms with van der Waals surface area (Å²) in [5.74, 6) is 0. The Morgan fingerprint density at radius 2 is 1.61 bits per heavy atom. The van der Waals surface area contributed by atoms with Crippen LogP contribution in [-0.4, -0.2) is 0 Å². The normalized spacial score (nSPS) is 11.9. The Hall–Kier alpha value is -1.53. The van der Waals surface area contributed by atoms with Gasteiger partial charge in [-0.05, 0) is 17.2 Å². The second-order valence-electron chi connectivity index (χ2n) is 7.48. The molecule has 0 amide bonds. The van der Waals surface area contributed by atoms with E-state index in [-0.39, 0.29) is 0 Å². The summed E-state index contributed by atoms with van der Waals surface area (Å²) in [6, 6.07) is 28.2. The van der Waals surface area contributed by atoms with Crippen LogP contribution in [0.5, 0.6) is 0 Å². The van der Waals surface area contributed by atoms with Crippen LogP contribution < -0.4 is 0 Å². The molecule has 0 aliphatic heterocycles. The number of benzene rings is 3. The first-order chi connectivity index (χ1) is 15.2. The van der Waals surface area contributed by atoms with Crippen LogP contribution in [0, 0.1) is 6.08 Å². The summed E-state index contributed by atoms with van der Waals surface area (Å²) in [7, 11) is 9.87. The van der Waals surface area contributed by atoms with Crippen molar-refractivity contribution in [3.8, 4) is 11.1 Å². The van der Waals surface area contributed by atoms with Gasteiger partial charge < -0.3 is 0 Å². The summed E-state index contributed by atoms with van der Waals surface area (Å²) in [4.78, 5) is 0. The Morgan fingerprint density at radius 1 is 0.903 bits per heavy atom. The minimum absolute atomic E-state index is 0.826. The molecule has 0 radical (unpaired) electrons. The minimum Gasteiger partial charge on any atom is -0.145 e. The molecular weight excluding hydrogens is 498 g/mol. The number of unbranched alkanes of at least 4 members (excludes halogenated alkanes) is 1. The van der Waals surface area contributed by atoms with Gasteiger partial charge in [0.15, 0.2) is 0 Å². The summed E-state index contributed by atoms with van der Waals surface area (Å²) < 4.78 is 0. The van der Waals surface area contributed by atoms with Crippen LogP contribution in [0.2, 0.25) is 0 Å². The molecule has 0 atom stereocenters. The number of hydrogen-bond donors (Lipinski definition) is 0. The Balaban J connectivity index is 0.000000191. The smallest absolute Gasteiger partial charge is 0.0196 e. The van der Waals surface area contributed by atoms with Crippen molar-refractivity contribution in [2.24, 2.45) is 0 Å². The van der Waals surface area contributed by atoms with Crippen LogP contribution in [0.4, 0.5) is 0 Å². The Morgan fingerprint density at radius 3 is 2.29 bits per heavy atom. The molecule has 0 nitrogen and oxygen atoms in total. The van der Waals surface area contributed by atoms with Crippen LogP contribution in [0.3, 0.4) is 0 Å². The molecule has 0 spiro atoms.